The summed E-state index contributed by atoms with van der Waals surface area (Å²) in [7, 11) is 2.17. The van der Waals surface area contributed by atoms with Crippen molar-refractivity contribution in [3.8, 4) is 17.2 Å². The standard InChI is InChI=1S/C23H25N3/c1-17-4-3-12-26(17)13-11-22-15-21-14-20(9-10-23(21)25(22)2)19-7-5-18(16-24)6-8-19/h5-10,14-15,17H,3-4,11-13H2,1-2H3/t17-/m1/s1. The van der Waals surface area contributed by atoms with Crippen LogP contribution in [0.1, 0.15) is 31.0 Å². The van der Waals surface area contributed by atoms with Crippen molar-refractivity contribution in [2.24, 2.45) is 7.05 Å². The number of aromatic nitrogens is 1. The number of fused-ring (bicyclic) bond motifs is 1. The van der Waals surface area contributed by atoms with Gasteiger partial charge in [0.15, 0.2) is 0 Å². The minimum Gasteiger partial charge on any atom is -0.348 e. The van der Waals surface area contributed by atoms with Crippen LogP contribution in [0.3, 0.4) is 0 Å². The molecule has 0 spiro atoms. The lowest BCUT2D eigenvalue weighted by atomic mass is 10.0. The molecule has 26 heavy (non-hydrogen) atoms. The van der Waals surface area contributed by atoms with E-state index in [-0.39, 0.29) is 0 Å². The second-order valence-electron chi connectivity index (χ2n) is 7.43. The number of nitriles is 1. The van der Waals surface area contributed by atoms with Gasteiger partial charge in [-0.05, 0) is 67.8 Å². The average Bonchev–Trinajstić information content (AvgIpc) is 3.22. The van der Waals surface area contributed by atoms with Crippen LogP contribution in [0.25, 0.3) is 22.0 Å². The van der Waals surface area contributed by atoms with Crippen LogP contribution < -0.4 is 0 Å². The monoisotopic (exact) mass is 343 g/mol. The molecule has 1 saturated heterocycles. The third-order valence-corrected chi connectivity index (χ3v) is 5.83. The maximum absolute atomic E-state index is 8.96. The van der Waals surface area contributed by atoms with E-state index in [1.54, 1.807) is 0 Å². The van der Waals surface area contributed by atoms with Gasteiger partial charge in [0.25, 0.3) is 0 Å². The summed E-state index contributed by atoms with van der Waals surface area (Å²) in [5.74, 6) is 0. The van der Waals surface area contributed by atoms with Gasteiger partial charge in [0, 0.05) is 42.7 Å². The van der Waals surface area contributed by atoms with Gasteiger partial charge in [0.1, 0.15) is 0 Å². The smallest absolute Gasteiger partial charge is 0.0991 e. The highest BCUT2D eigenvalue weighted by Gasteiger charge is 2.20. The first kappa shape index (κ1) is 16.9. The van der Waals surface area contributed by atoms with Crippen LogP contribution in [0.15, 0.2) is 48.5 Å². The van der Waals surface area contributed by atoms with Crippen molar-refractivity contribution < 1.29 is 0 Å². The topological polar surface area (TPSA) is 32.0 Å². The van der Waals surface area contributed by atoms with Crippen LogP contribution in [0, 0.1) is 11.3 Å². The number of rotatable bonds is 4. The Morgan fingerprint density at radius 1 is 1.08 bits per heavy atom. The zero-order valence-electron chi connectivity index (χ0n) is 15.6. The van der Waals surface area contributed by atoms with Gasteiger partial charge in [0.2, 0.25) is 0 Å². The van der Waals surface area contributed by atoms with E-state index in [1.165, 1.54) is 41.5 Å². The fraction of sp³-hybridized carbons (Fsp3) is 0.348. The summed E-state index contributed by atoms with van der Waals surface area (Å²) in [6.45, 7) is 4.74. The van der Waals surface area contributed by atoms with Crippen LogP contribution in [-0.2, 0) is 13.5 Å². The van der Waals surface area contributed by atoms with E-state index >= 15 is 0 Å². The molecule has 132 valence electrons. The molecular formula is C23H25N3. The van der Waals surface area contributed by atoms with E-state index in [1.807, 2.05) is 24.3 Å². The van der Waals surface area contributed by atoms with Crippen molar-refractivity contribution in [3.05, 3.63) is 59.8 Å². The molecule has 0 amide bonds. The van der Waals surface area contributed by atoms with Crippen LogP contribution >= 0.6 is 0 Å². The summed E-state index contributed by atoms with van der Waals surface area (Å²) in [6.07, 6.45) is 3.77. The lowest BCUT2D eigenvalue weighted by Crippen LogP contribution is -2.29. The third kappa shape index (κ3) is 3.13. The van der Waals surface area contributed by atoms with E-state index in [4.69, 9.17) is 5.26 Å². The number of hydrogen-bond donors (Lipinski definition) is 0. The van der Waals surface area contributed by atoms with Gasteiger partial charge in [-0.15, -0.1) is 0 Å². The largest absolute Gasteiger partial charge is 0.348 e. The Balaban J connectivity index is 1.59. The fourth-order valence-electron chi connectivity index (χ4n) is 4.15. The molecule has 0 radical (unpaired) electrons. The van der Waals surface area contributed by atoms with E-state index in [2.05, 4.69) is 53.8 Å². The van der Waals surface area contributed by atoms with Crippen LogP contribution in [0.5, 0.6) is 0 Å². The predicted octanol–water partition coefficient (Wildman–Crippen LogP) is 4.74. The summed E-state index contributed by atoms with van der Waals surface area (Å²) >= 11 is 0. The molecule has 0 bridgehead atoms. The Labute approximate surface area is 155 Å². The fourth-order valence-corrected chi connectivity index (χ4v) is 4.15. The third-order valence-electron chi connectivity index (χ3n) is 5.83. The van der Waals surface area contributed by atoms with E-state index in [0.29, 0.717) is 5.56 Å². The molecule has 1 aliphatic rings. The molecule has 0 unspecified atom stereocenters. The van der Waals surface area contributed by atoms with Gasteiger partial charge < -0.3 is 9.47 Å². The maximum atomic E-state index is 8.96. The van der Waals surface area contributed by atoms with Crippen molar-refractivity contribution >= 4 is 10.9 Å². The van der Waals surface area contributed by atoms with Crippen molar-refractivity contribution in [2.75, 3.05) is 13.1 Å². The molecule has 4 rings (SSSR count). The van der Waals surface area contributed by atoms with Crippen LogP contribution in [0.4, 0.5) is 0 Å². The van der Waals surface area contributed by atoms with E-state index in [0.717, 1.165) is 24.6 Å². The number of hydrogen-bond acceptors (Lipinski definition) is 2. The van der Waals surface area contributed by atoms with E-state index < -0.39 is 0 Å². The first-order valence-corrected chi connectivity index (χ1v) is 9.48. The molecule has 3 aromatic rings. The van der Waals surface area contributed by atoms with Gasteiger partial charge >= 0.3 is 0 Å². The first-order chi connectivity index (χ1) is 12.7. The SMILES string of the molecule is C[C@@H]1CCCN1CCc1cc2cc(-c3ccc(C#N)cc3)ccc2n1C. The van der Waals surface area contributed by atoms with Crippen molar-refractivity contribution in [3.63, 3.8) is 0 Å². The highest BCUT2D eigenvalue weighted by Crippen LogP contribution is 2.27. The van der Waals surface area contributed by atoms with Gasteiger partial charge in [-0.25, -0.2) is 0 Å². The molecule has 0 saturated carbocycles. The summed E-state index contributed by atoms with van der Waals surface area (Å²) < 4.78 is 2.33. The Kier molecular flexibility index (Phi) is 4.53. The number of aryl methyl sites for hydroxylation is 1. The lowest BCUT2D eigenvalue weighted by molar-refractivity contribution is 0.271. The van der Waals surface area contributed by atoms with Gasteiger partial charge in [0.05, 0.1) is 11.6 Å². The van der Waals surface area contributed by atoms with Crippen LogP contribution in [0.2, 0.25) is 0 Å². The Morgan fingerprint density at radius 3 is 2.54 bits per heavy atom. The average molecular weight is 343 g/mol. The molecular weight excluding hydrogens is 318 g/mol. The Morgan fingerprint density at radius 2 is 1.85 bits per heavy atom. The van der Waals surface area contributed by atoms with Gasteiger partial charge in [-0.1, -0.05) is 18.2 Å². The molecule has 1 fully saturated rings. The molecule has 1 aromatic heterocycles. The maximum Gasteiger partial charge on any atom is 0.0991 e. The molecule has 2 aromatic carbocycles. The normalized spacial score (nSPS) is 17.7. The second-order valence-corrected chi connectivity index (χ2v) is 7.43. The molecule has 0 aliphatic carbocycles. The number of likely N-dealkylation sites (tertiary alicyclic amines) is 1. The van der Waals surface area contributed by atoms with Gasteiger partial charge in [-0.3, -0.25) is 0 Å². The lowest BCUT2D eigenvalue weighted by Gasteiger charge is -2.20. The molecule has 0 N–H and O–H groups in total. The Hall–Kier alpha value is -2.57. The predicted molar refractivity (Wildman–Crippen MR) is 107 cm³/mol. The zero-order chi connectivity index (χ0) is 18.1. The number of nitrogens with zero attached hydrogens (tertiary/aromatic N) is 3. The van der Waals surface area contributed by atoms with Crippen molar-refractivity contribution in [2.45, 2.75) is 32.2 Å². The first-order valence-electron chi connectivity index (χ1n) is 9.48. The van der Waals surface area contributed by atoms with Crippen LogP contribution in [-0.4, -0.2) is 28.6 Å². The van der Waals surface area contributed by atoms with Gasteiger partial charge in [-0.2, -0.15) is 5.26 Å². The quantitative estimate of drug-likeness (QED) is 0.685. The molecule has 3 nitrogen and oxygen atoms in total. The molecule has 1 atom stereocenters. The number of benzene rings is 2. The molecule has 3 heteroatoms. The minimum absolute atomic E-state index is 0.702. The summed E-state index contributed by atoms with van der Waals surface area (Å²) in [6, 6.07) is 19.7. The molecule has 1 aliphatic heterocycles. The summed E-state index contributed by atoms with van der Waals surface area (Å²) in [4.78, 5) is 2.61. The van der Waals surface area contributed by atoms with Crippen molar-refractivity contribution in [1.29, 1.82) is 5.26 Å². The second kappa shape index (κ2) is 6.97. The Bertz CT molecular complexity index is 960. The van der Waals surface area contributed by atoms with Crippen molar-refractivity contribution in [1.82, 2.24) is 9.47 Å². The highest BCUT2D eigenvalue weighted by atomic mass is 15.2. The molecule has 2 heterocycles. The van der Waals surface area contributed by atoms with E-state index in [9.17, 15) is 0 Å². The minimum atomic E-state index is 0.702. The zero-order valence-corrected chi connectivity index (χ0v) is 15.6. The highest BCUT2D eigenvalue weighted by molar-refractivity contribution is 5.86. The summed E-state index contributed by atoms with van der Waals surface area (Å²) in [5, 5.41) is 10.3. The summed E-state index contributed by atoms with van der Waals surface area (Å²) in [5.41, 5.74) is 5.74.